The molecule has 0 unspecified atom stereocenters. The lowest BCUT2D eigenvalue weighted by Gasteiger charge is -2.20. The molecule has 3 aromatic carbocycles. The molecule has 0 fully saturated rings. The van der Waals surface area contributed by atoms with Crippen LogP contribution in [0.5, 0.6) is 0 Å². The van der Waals surface area contributed by atoms with Crippen molar-refractivity contribution in [2.45, 2.75) is 19.9 Å². The van der Waals surface area contributed by atoms with Crippen molar-refractivity contribution in [2.75, 3.05) is 0 Å². The summed E-state index contributed by atoms with van der Waals surface area (Å²) in [5.74, 6) is -0.381. The van der Waals surface area contributed by atoms with Crippen LogP contribution in [0.3, 0.4) is 0 Å². The third-order valence-electron chi connectivity index (χ3n) is 6.52. The highest BCUT2D eigenvalue weighted by molar-refractivity contribution is 8.26. The average Bonchev–Trinajstić information content (AvgIpc) is 3.42. The number of amides is 1. The molecule has 6 nitrogen and oxygen atoms in total. The van der Waals surface area contributed by atoms with Crippen molar-refractivity contribution >= 4 is 62.3 Å². The number of halogens is 1. The number of carbonyl (C=O) groups is 1. The highest BCUT2D eigenvalue weighted by Gasteiger charge is 2.36. The molecule has 3 heterocycles. The van der Waals surface area contributed by atoms with Crippen molar-refractivity contribution in [1.82, 2.24) is 9.58 Å². The first-order chi connectivity index (χ1) is 18.0. The highest BCUT2D eigenvalue weighted by atomic mass is 35.5. The van der Waals surface area contributed by atoms with Gasteiger partial charge in [-0.05, 0) is 54.1 Å². The van der Waals surface area contributed by atoms with Crippen LogP contribution < -0.4 is 0 Å². The minimum atomic E-state index is -0.422. The van der Waals surface area contributed by atoms with Crippen molar-refractivity contribution in [1.29, 1.82) is 5.41 Å². The molecule has 0 bridgehead atoms. The van der Waals surface area contributed by atoms with E-state index in [4.69, 9.17) is 17.0 Å². The fourth-order valence-electron chi connectivity index (χ4n) is 4.63. The summed E-state index contributed by atoms with van der Waals surface area (Å²) in [7, 11) is 0. The van der Waals surface area contributed by atoms with Gasteiger partial charge >= 0.3 is 0 Å². The second kappa shape index (κ2) is 9.50. The molecule has 2 aliphatic rings. The van der Waals surface area contributed by atoms with E-state index >= 15 is 0 Å². The molecule has 0 radical (unpaired) electrons. The SMILES string of the molecule is Cc1c(/C=C2/C(=N)N3N=C(Cc4ccccc4)SC3=NC2=O)c2ccccc2n1Cc1ccc(Cl)cc1. The number of hydrazone groups is 1. The second-order valence-electron chi connectivity index (χ2n) is 8.90. The van der Waals surface area contributed by atoms with Gasteiger partial charge in [-0.2, -0.15) is 15.1 Å². The maximum Gasteiger partial charge on any atom is 0.283 e. The van der Waals surface area contributed by atoms with Gasteiger partial charge in [0.15, 0.2) is 5.84 Å². The summed E-state index contributed by atoms with van der Waals surface area (Å²) in [6, 6.07) is 25.9. The van der Waals surface area contributed by atoms with Crippen LogP contribution in [-0.2, 0) is 17.8 Å². The van der Waals surface area contributed by atoms with Crippen molar-refractivity contribution in [2.24, 2.45) is 10.1 Å². The zero-order valence-electron chi connectivity index (χ0n) is 20.0. The van der Waals surface area contributed by atoms with E-state index in [1.165, 1.54) is 16.8 Å². The van der Waals surface area contributed by atoms with Gasteiger partial charge in [-0.25, -0.2) is 0 Å². The summed E-state index contributed by atoms with van der Waals surface area (Å²) in [5, 5.41) is 17.9. The van der Waals surface area contributed by atoms with Crippen molar-refractivity contribution in [3.05, 3.63) is 112 Å². The molecule has 37 heavy (non-hydrogen) atoms. The van der Waals surface area contributed by atoms with E-state index < -0.39 is 5.91 Å². The van der Waals surface area contributed by atoms with E-state index in [0.29, 0.717) is 23.2 Å². The fourth-order valence-corrected chi connectivity index (χ4v) is 5.68. The molecule has 2 aliphatic heterocycles. The second-order valence-corrected chi connectivity index (χ2v) is 10.4. The lowest BCUT2D eigenvalue weighted by atomic mass is 10.1. The summed E-state index contributed by atoms with van der Waals surface area (Å²) >= 11 is 7.42. The molecule has 182 valence electrons. The minimum Gasteiger partial charge on any atom is -0.340 e. The minimum absolute atomic E-state index is 0.0412. The van der Waals surface area contributed by atoms with Gasteiger partial charge in [-0.1, -0.05) is 72.3 Å². The normalized spacial score (nSPS) is 16.4. The van der Waals surface area contributed by atoms with Crippen LogP contribution in [0.25, 0.3) is 17.0 Å². The number of nitrogens with one attached hydrogen (secondary N) is 1. The van der Waals surface area contributed by atoms with Gasteiger partial charge in [0.05, 0.1) is 5.57 Å². The molecule has 1 aromatic heterocycles. The number of thioether (sulfide) groups is 1. The predicted octanol–water partition coefficient (Wildman–Crippen LogP) is 6.51. The molecule has 6 rings (SSSR count). The Balaban J connectivity index is 1.36. The highest BCUT2D eigenvalue weighted by Crippen LogP contribution is 2.33. The molecule has 1 N–H and O–H groups in total. The van der Waals surface area contributed by atoms with Crippen LogP contribution in [0.1, 0.15) is 22.4 Å². The van der Waals surface area contributed by atoms with Gasteiger partial charge < -0.3 is 4.57 Å². The van der Waals surface area contributed by atoms with Gasteiger partial charge in [0.2, 0.25) is 5.17 Å². The van der Waals surface area contributed by atoms with Crippen LogP contribution in [0.15, 0.2) is 94.5 Å². The first kappa shape index (κ1) is 23.5. The van der Waals surface area contributed by atoms with Crippen molar-refractivity contribution < 1.29 is 4.79 Å². The molecule has 0 aliphatic carbocycles. The topological polar surface area (TPSA) is 73.8 Å². The van der Waals surface area contributed by atoms with Crippen LogP contribution in [0.2, 0.25) is 5.02 Å². The number of nitrogens with zero attached hydrogens (tertiary/aromatic N) is 4. The average molecular weight is 524 g/mol. The number of para-hydroxylation sites is 1. The lowest BCUT2D eigenvalue weighted by Crippen LogP contribution is -2.35. The van der Waals surface area contributed by atoms with E-state index in [-0.39, 0.29) is 11.4 Å². The molecule has 0 spiro atoms. The molecular formula is C29H22ClN5OS. The van der Waals surface area contributed by atoms with E-state index in [9.17, 15) is 4.79 Å². The van der Waals surface area contributed by atoms with Gasteiger partial charge in [-0.3, -0.25) is 10.2 Å². The van der Waals surface area contributed by atoms with Gasteiger partial charge in [0.1, 0.15) is 5.04 Å². The molecule has 0 atom stereocenters. The van der Waals surface area contributed by atoms with Gasteiger partial charge in [0, 0.05) is 40.1 Å². The third-order valence-corrected chi connectivity index (χ3v) is 7.68. The number of amidine groups is 2. The summed E-state index contributed by atoms with van der Waals surface area (Å²) in [5.41, 5.74) is 5.43. The Bertz CT molecular complexity index is 1650. The Morgan fingerprint density at radius 1 is 0.973 bits per heavy atom. The molecule has 0 saturated heterocycles. The summed E-state index contributed by atoms with van der Waals surface area (Å²) in [4.78, 5) is 17.4. The number of aliphatic imine (C=N–C) groups is 1. The maximum absolute atomic E-state index is 13.1. The fraction of sp³-hybridized carbons (Fsp3) is 0.103. The quantitative estimate of drug-likeness (QED) is 0.303. The Morgan fingerprint density at radius 3 is 2.49 bits per heavy atom. The van der Waals surface area contributed by atoms with E-state index in [2.05, 4.69) is 20.7 Å². The monoisotopic (exact) mass is 523 g/mol. The first-order valence-electron chi connectivity index (χ1n) is 11.8. The third kappa shape index (κ3) is 4.41. The Morgan fingerprint density at radius 2 is 1.70 bits per heavy atom. The number of benzene rings is 3. The number of hydrogen-bond donors (Lipinski definition) is 1. The van der Waals surface area contributed by atoms with Crippen LogP contribution in [0, 0.1) is 12.3 Å². The lowest BCUT2D eigenvalue weighted by molar-refractivity contribution is -0.114. The van der Waals surface area contributed by atoms with Crippen molar-refractivity contribution in [3.8, 4) is 0 Å². The predicted molar refractivity (Wildman–Crippen MR) is 152 cm³/mol. The molecule has 1 amide bonds. The standard InChI is InChI=1S/C29H22ClN5OS/c1-18-23(22-9-5-6-10-25(22)34(18)17-20-11-13-21(30)14-12-20)16-24-27(31)35-29(32-28(24)36)37-26(33-35)15-19-7-3-2-4-8-19/h2-14,16,31H,15,17H2,1H3/b24-16-,31-27?. The van der Waals surface area contributed by atoms with E-state index in [1.807, 2.05) is 79.7 Å². The summed E-state index contributed by atoms with van der Waals surface area (Å²) in [6.45, 7) is 2.70. The Hall–Kier alpha value is -3.94. The number of aromatic nitrogens is 1. The maximum atomic E-state index is 13.1. The zero-order chi connectivity index (χ0) is 25.5. The molecule has 8 heteroatoms. The van der Waals surface area contributed by atoms with Crippen LogP contribution >= 0.6 is 23.4 Å². The van der Waals surface area contributed by atoms with E-state index in [1.54, 1.807) is 6.08 Å². The molecule has 0 saturated carbocycles. The largest absolute Gasteiger partial charge is 0.340 e. The van der Waals surface area contributed by atoms with Crippen LogP contribution in [-0.4, -0.2) is 31.5 Å². The summed E-state index contributed by atoms with van der Waals surface area (Å²) in [6.07, 6.45) is 2.41. The number of rotatable bonds is 5. The molecule has 4 aromatic rings. The van der Waals surface area contributed by atoms with Gasteiger partial charge in [0.25, 0.3) is 5.91 Å². The van der Waals surface area contributed by atoms with Gasteiger partial charge in [-0.15, -0.1) is 0 Å². The number of carbonyl (C=O) groups excluding carboxylic acids is 1. The van der Waals surface area contributed by atoms with Crippen molar-refractivity contribution in [3.63, 3.8) is 0 Å². The smallest absolute Gasteiger partial charge is 0.283 e. The molecular weight excluding hydrogens is 502 g/mol. The van der Waals surface area contributed by atoms with E-state index in [0.717, 1.165) is 38.3 Å². The zero-order valence-corrected chi connectivity index (χ0v) is 21.6. The first-order valence-corrected chi connectivity index (χ1v) is 13.0. The Kier molecular flexibility index (Phi) is 6.02. The Labute approximate surface area is 223 Å². The summed E-state index contributed by atoms with van der Waals surface area (Å²) < 4.78 is 2.22. The number of hydrogen-bond acceptors (Lipinski definition) is 4. The van der Waals surface area contributed by atoms with Crippen LogP contribution in [0.4, 0.5) is 0 Å². The number of fused-ring (bicyclic) bond motifs is 2.